The van der Waals surface area contributed by atoms with Gasteiger partial charge in [0.25, 0.3) is 0 Å². The number of carbonyl (C=O) groups excluding carboxylic acids is 1. The average Bonchev–Trinajstić information content (AvgIpc) is 2.41. The lowest BCUT2D eigenvalue weighted by Crippen LogP contribution is -2.32. The van der Waals surface area contributed by atoms with Crippen LogP contribution in [0.1, 0.15) is 42.5 Å². The number of nitrogens with zero attached hydrogens (tertiary/aromatic N) is 1. The normalized spacial score (nSPS) is 17.5. The Morgan fingerprint density at radius 2 is 1.84 bits per heavy atom. The van der Waals surface area contributed by atoms with Crippen molar-refractivity contribution in [3.8, 4) is 5.75 Å². The molecule has 1 aliphatic rings. The molecular weight excluding hydrogens is 238 g/mol. The third-order valence-electron chi connectivity index (χ3n) is 3.71. The van der Waals surface area contributed by atoms with Crippen LogP contribution in [0.15, 0.2) is 24.3 Å². The number of methoxy groups -OCH3 is 1. The molecule has 0 amide bonds. The lowest BCUT2D eigenvalue weighted by molar-refractivity contribution is 0.0924. The van der Waals surface area contributed by atoms with Crippen molar-refractivity contribution < 1.29 is 9.53 Å². The van der Waals surface area contributed by atoms with Gasteiger partial charge in [-0.3, -0.25) is 9.69 Å². The van der Waals surface area contributed by atoms with E-state index in [1.165, 1.54) is 32.1 Å². The molecule has 19 heavy (non-hydrogen) atoms. The molecule has 0 atom stereocenters. The Morgan fingerprint density at radius 1 is 1.16 bits per heavy atom. The van der Waals surface area contributed by atoms with E-state index >= 15 is 0 Å². The molecule has 1 aliphatic heterocycles. The smallest absolute Gasteiger partial charge is 0.176 e. The number of rotatable bonds is 4. The molecule has 2 rings (SSSR count). The first-order valence-electron chi connectivity index (χ1n) is 7.19. The summed E-state index contributed by atoms with van der Waals surface area (Å²) >= 11 is 0. The van der Waals surface area contributed by atoms with Crippen LogP contribution < -0.4 is 4.74 Å². The molecule has 0 saturated carbocycles. The van der Waals surface area contributed by atoms with Gasteiger partial charge in [0, 0.05) is 5.56 Å². The summed E-state index contributed by atoms with van der Waals surface area (Å²) in [6.07, 6.45) is 6.36. The fraction of sp³-hybridized carbons (Fsp3) is 0.562. The van der Waals surface area contributed by atoms with Crippen LogP contribution in [0.5, 0.6) is 5.75 Å². The predicted octanol–water partition coefficient (Wildman–Crippen LogP) is 3.14. The van der Waals surface area contributed by atoms with E-state index in [9.17, 15) is 4.79 Å². The fourth-order valence-corrected chi connectivity index (χ4v) is 2.56. The van der Waals surface area contributed by atoms with Crippen molar-refractivity contribution in [1.29, 1.82) is 0 Å². The summed E-state index contributed by atoms with van der Waals surface area (Å²) in [4.78, 5) is 14.6. The Balaban J connectivity index is 1.94. The first kappa shape index (κ1) is 14.1. The molecule has 3 heteroatoms. The van der Waals surface area contributed by atoms with Crippen LogP contribution in [0, 0.1) is 0 Å². The van der Waals surface area contributed by atoms with E-state index in [-0.39, 0.29) is 5.78 Å². The van der Waals surface area contributed by atoms with Gasteiger partial charge in [-0.2, -0.15) is 0 Å². The van der Waals surface area contributed by atoms with Crippen molar-refractivity contribution >= 4 is 5.78 Å². The number of ketones is 1. The van der Waals surface area contributed by atoms with E-state index in [4.69, 9.17) is 4.74 Å². The lowest BCUT2D eigenvalue weighted by Gasteiger charge is -2.23. The number of ether oxygens (including phenoxy) is 1. The Hall–Kier alpha value is -1.35. The summed E-state index contributed by atoms with van der Waals surface area (Å²) in [7, 11) is 1.63. The average molecular weight is 261 g/mol. The minimum absolute atomic E-state index is 0.194. The van der Waals surface area contributed by atoms with Crippen LogP contribution in [0.3, 0.4) is 0 Å². The Bertz CT molecular complexity index is 409. The Kier molecular flexibility index (Phi) is 5.40. The topological polar surface area (TPSA) is 29.5 Å². The van der Waals surface area contributed by atoms with Crippen molar-refractivity contribution in [1.82, 2.24) is 4.90 Å². The fourth-order valence-electron chi connectivity index (χ4n) is 2.56. The number of hydrogen-bond acceptors (Lipinski definition) is 3. The van der Waals surface area contributed by atoms with Crippen molar-refractivity contribution in [3.05, 3.63) is 29.8 Å². The molecular formula is C16H23NO2. The molecule has 0 radical (unpaired) electrons. The summed E-state index contributed by atoms with van der Waals surface area (Å²) in [6.45, 7) is 2.64. The highest BCUT2D eigenvalue weighted by Crippen LogP contribution is 2.15. The minimum Gasteiger partial charge on any atom is -0.497 e. The number of hydrogen-bond donors (Lipinski definition) is 0. The van der Waals surface area contributed by atoms with Gasteiger partial charge in [-0.15, -0.1) is 0 Å². The molecule has 0 unspecified atom stereocenters. The van der Waals surface area contributed by atoms with Gasteiger partial charge < -0.3 is 4.74 Å². The quantitative estimate of drug-likeness (QED) is 0.780. The van der Waals surface area contributed by atoms with E-state index in [2.05, 4.69) is 4.90 Å². The van der Waals surface area contributed by atoms with Gasteiger partial charge in [0.05, 0.1) is 13.7 Å². The molecule has 1 saturated heterocycles. The number of benzene rings is 1. The summed E-state index contributed by atoms with van der Waals surface area (Å²) in [5, 5.41) is 0. The third kappa shape index (κ3) is 4.35. The zero-order valence-electron chi connectivity index (χ0n) is 11.7. The van der Waals surface area contributed by atoms with Crippen LogP contribution >= 0.6 is 0 Å². The first-order chi connectivity index (χ1) is 9.29. The zero-order chi connectivity index (χ0) is 13.5. The van der Waals surface area contributed by atoms with Gasteiger partial charge >= 0.3 is 0 Å². The molecule has 0 aromatic heterocycles. The van der Waals surface area contributed by atoms with Crippen molar-refractivity contribution in [2.45, 2.75) is 32.1 Å². The number of carbonyl (C=O) groups is 1. The summed E-state index contributed by atoms with van der Waals surface area (Å²) in [6, 6.07) is 7.44. The SMILES string of the molecule is COc1cccc(C(=O)CN2CCCCCCC2)c1. The van der Waals surface area contributed by atoms with Gasteiger partial charge in [0.15, 0.2) is 5.78 Å². The third-order valence-corrected chi connectivity index (χ3v) is 3.71. The van der Waals surface area contributed by atoms with Crippen molar-refractivity contribution in [3.63, 3.8) is 0 Å². The highest BCUT2D eigenvalue weighted by atomic mass is 16.5. The second-order valence-corrected chi connectivity index (χ2v) is 5.20. The molecule has 1 heterocycles. The predicted molar refractivity (Wildman–Crippen MR) is 76.8 cm³/mol. The van der Waals surface area contributed by atoms with E-state index in [0.717, 1.165) is 24.4 Å². The van der Waals surface area contributed by atoms with Crippen LogP contribution in [0.4, 0.5) is 0 Å². The number of likely N-dealkylation sites (tertiary alicyclic amines) is 1. The van der Waals surface area contributed by atoms with Gasteiger partial charge in [0.2, 0.25) is 0 Å². The molecule has 104 valence electrons. The number of Topliss-reactive ketones (excluding diaryl/α,β-unsaturated/α-hetero) is 1. The van der Waals surface area contributed by atoms with Crippen LogP contribution in [-0.4, -0.2) is 37.4 Å². The zero-order valence-corrected chi connectivity index (χ0v) is 11.7. The van der Waals surface area contributed by atoms with Gasteiger partial charge in [-0.25, -0.2) is 0 Å². The molecule has 0 aliphatic carbocycles. The van der Waals surface area contributed by atoms with E-state index in [1.54, 1.807) is 7.11 Å². The standard InChI is InChI=1S/C16H23NO2/c1-19-15-9-7-8-14(12-15)16(18)13-17-10-5-3-2-4-6-11-17/h7-9,12H,2-6,10-11,13H2,1H3. The van der Waals surface area contributed by atoms with Crippen molar-refractivity contribution in [2.24, 2.45) is 0 Å². The van der Waals surface area contributed by atoms with E-state index in [1.807, 2.05) is 24.3 Å². The maximum atomic E-state index is 12.3. The largest absolute Gasteiger partial charge is 0.497 e. The lowest BCUT2D eigenvalue weighted by atomic mass is 10.1. The highest BCUT2D eigenvalue weighted by Gasteiger charge is 2.14. The monoisotopic (exact) mass is 261 g/mol. The van der Waals surface area contributed by atoms with Gasteiger partial charge in [0.1, 0.15) is 5.75 Å². The van der Waals surface area contributed by atoms with Crippen LogP contribution in [0.2, 0.25) is 0 Å². The minimum atomic E-state index is 0.194. The molecule has 1 aromatic rings. The summed E-state index contributed by atoms with van der Waals surface area (Å²) in [5.74, 6) is 0.943. The second kappa shape index (κ2) is 7.29. The molecule has 1 aromatic carbocycles. The molecule has 1 fully saturated rings. The van der Waals surface area contributed by atoms with Crippen LogP contribution in [0.25, 0.3) is 0 Å². The molecule has 0 spiro atoms. The second-order valence-electron chi connectivity index (χ2n) is 5.20. The molecule has 0 N–H and O–H groups in total. The maximum Gasteiger partial charge on any atom is 0.176 e. The highest BCUT2D eigenvalue weighted by molar-refractivity contribution is 5.97. The van der Waals surface area contributed by atoms with Crippen molar-refractivity contribution in [2.75, 3.05) is 26.7 Å². The Labute approximate surface area is 115 Å². The van der Waals surface area contributed by atoms with E-state index < -0.39 is 0 Å². The molecule has 0 bridgehead atoms. The summed E-state index contributed by atoms with van der Waals surface area (Å²) < 4.78 is 5.17. The first-order valence-corrected chi connectivity index (χ1v) is 7.19. The van der Waals surface area contributed by atoms with Gasteiger partial charge in [-0.05, 0) is 38.1 Å². The molecule has 3 nitrogen and oxygen atoms in total. The van der Waals surface area contributed by atoms with E-state index in [0.29, 0.717) is 6.54 Å². The summed E-state index contributed by atoms with van der Waals surface area (Å²) in [5.41, 5.74) is 0.751. The van der Waals surface area contributed by atoms with Gasteiger partial charge in [-0.1, -0.05) is 31.4 Å². The Morgan fingerprint density at radius 3 is 2.53 bits per heavy atom. The maximum absolute atomic E-state index is 12.3. The van der Waals surface area contributed by atoms with Crippen LogP contribution in [-0.2, 0) is 0 Å².